The van der Waals surface area contributed by atoms with Crippen molar-refractivity contribution in [2.75, 3.05) is 31.1 Å². The Kier molecular flexibility index (Phi) is 3.46. The highest BCUT2D eigenvalue weighted by molar-refractivity contribution is 5.65. The lowest BCUT2D eigenvalue weighted by Gasteiger charge is -2.22. The zero-order valence-corrected chi connectivity index (χ0v) is 9.47. The van der Waals surface area contributed by atoms with Crippen LogP contribution in [0.3, 0.4) is 0 Å². The van der Waals surface area contributed by atoms with Crippen LogP contribution >= 0.6 is 0 Å². The third kappa shape index (κ3) is 2.87. The number of rotatable bonds is 1. The quantitative estimate of drug-likeness (QED) is 0.814. The van der Waals surface area contributed by atoms with Gasteiger partial charge in [0.15, 0.2) is 0 Å². The number of carboxylic acid groups (broad SMARTS) is 1. The van der Waals surface area contributed by atoms with Crippen molar-refractivity contribution >= 4 is 11.8 Å². The van der Waals surface area contributed by atoms with Crippen LogP contribution in [-0.2, 0) is 0 Å². The van der Waals surface area contributed by atoms with Gasteiger partial charge in [-0.1, -0.05) is 0 Å². The summed E-state index contributed by atoms with van der Waals surface area (Å²) in [6.07, 6.45) is -0.0742. The fourth-order valence-electron chi connectivity index (χ4n) is 2.02. The van der Waals surface area contributed by atoms with Gasteiger partial charge in [-0.3, -0.25) is 0 Å². The van der Waals surface area contributed by atoms with Crippen LogP contribution in [0.15, 0.2) is 24.3 Å². The summed E-state index contributed by atoms with van der Waals surface area (Å²) in [5.74, 6) is -0.254. The second-order valence-corrected chi connectivity index (χ2v) is 4.09. The number of carbonyl (C=O) groups is 1. The first-order valence-corrected chi connectivity index (χ1v) is 5.65. The highest BCUT2D eigenvalue weighted by Crippen LogP contribution is 2.16. The van der Waals surface area contributed by atoms with Gasteiger partial charge < -0.3 is 14.9 Å². The molecule has 0 aliphatic carbocycles. The van der Waals surface area contributed by atoms with Crippen LogP contribution in [0.2, 0.25) is 0 Å². The lowest BCUT2D eigenvalue weighted by Crippen LogP contribution is -2.34. The average Bonchev–Trinajstić information content (AvgIpc) is 2.55. The number of anilines is 1. The third-order valence-electron chi connectivity index (χ3n) is 2.96. The minimum Gasteiger partial charge on any atom is -0.465 e. The van der Waals surface area contributed by atoms with E-state index in [1.165, 1.54) is 17.0 Å². The van der Waals surface area contributed by atoms with E-state index in [-0.39, 0.29) is 5.82 Å². The molecule has 1 amide bonds. The zero-order valence-electron chi connectivity index (χ0n) is 9.47. The van der Waals surface area contributed by atoms with Crippen LogP contribution in [-0.4, -0.2) is 42.3 Å². The van der Waals surface area contributed by atoms with Crippen molar-refractivity contribution < 1.29 is 14.3 Å². The molecule has 0 bridgehead atoms. The molecule has 1 aliphatic rings. The maximum Gasteiger partial charge on any atom is 0.407 e. The van der Waals surface area contributed by atoms with Gasteiger partial charge >= 0.3 is 6.09 Å². The molecule has 1 aromatic rings. The van der Waals surface area contributed by atoms with Crippen LogP contribution in [0.4, 0.5) is 14.9 Å². The molecule has 4 nitrogen and oxygen atoms in total. The number of hydrogen-bond acceptors (Lipinski definition) is 2. The molecular weight excluding hydrogens is 223 g/mol. The molecule has 1 N–H and O–H groups in total. The normalized spacial score (nSPS) is 16.8. The first-order valence-electron chi connectivity index (χ1n) is 5.65. The third-order valence-corrected chi connectivity index (χ3v) is 2.96. The molecule has 0 radical (unpaired) electrons. The molecule has 1 aromatic carbocycles. The van der Waals surface area contributed by atoms with Gasteiger partial charge in [0.2, 0.25) is 0 Å². The topological polar surface area (TPSA) is 43.8 Å². The molecule has 2 rings (SSSR count). The standard InChI is InChI=1S/C12H15FN2O2/c13-10-2-4-11(5-3-10)14-6-1-7-15(9-8-14)12(16)17/h2-5H,1,6-9H2,(H,16,17). The van der Waals surface area contributed by atoms with E-state index in [0.717, 1.165) is 18.7 Å². The Labute approximate surface area is 99.3 Å². The maximum atomic E-state index is 12.8. The largest absolute Gasteiger partial charge is 0.465 e. The summed E-state index contributed by atoms with van der Waals surface area (Å²) in [6.45, 7) is 2.51. The van der Waals surface area contributed by atoms with Crippen molar-refractivity contribution in [3.05, 3.63) is 30.1 Å². The maximum absolute atomic E-state index is 12.8. The van der Waals surface area contributed by atoms with Crippen molar-refractivity contribution in [3.8, 4) is 0 Å². The number of amides is 1. The fourth-order valence-corrected chi connectivity index (χ4v) is 2.02. The molecule has 0 spiro atoms. The van der Waals surface area contributed by atoms with Crippen molar-refractivity contribution in [1.82, 2.24) is 4.90 Å². The monoisotopic (exact) mass is 238 g/mol. The SMILES string of the molecule is O=C(O)N1CCCN(c2ccc(F)cc2)CC1. The summed E-state index contributed by atoms with van der Waals surface area (Å²) in [5, 5.41) is 8.91. The van der Waals surface area contributed by atoms with E-state index in [4.69, 9.17) is 5.11 Å². The van der Waals surface area contributed by atoms with Crippen LogP contribution in [0, 0.1) is 5.82 Å². The lowest BCUT2D eigenvalue weighted by atomic mass is 10.2. The average molecular weight is 238 g/mol. The molecule has 1 fully saturated rings. The number of halogens is 1. The molecule has 1 aliphatic heterocycles. The van der Waals surface area contributed by atoms with E-state index in [1.807, 2.05) is 0 Å². The summed E-state index contributed by atoms with van der Waals surface area (Å²) >= 11 is 0. The molecule has 5 heteroatoms. The van der Waals surface area contributed by atoms with Crippen LogP contribution in [0.5, 0.6) is 0 Å². The summed E-state index contributed by atoms with van der Waals surface area (Å²) in [7, 11) is 0. The molecule has 0 saturated carbocycles. The van der Waals surface area contributed by atoms with Gasteiger partial charge in [-0.25, -0.2) is 9.18 Å². The Morgan fingerprint density at radius 1 is 1.12 bits per heavy atom. The minimum absolute atomic E-state index is 0.254. The summed E-state index contributed by atoms with van der Waals surface area (Å²) in [6, 6.07) is 6.31. The lowest BCUT2D eigenvalue weighted by molar-refractivity contribution is 0.148. The Hall–Kier alpha value is -1.78. The Morgan fingerprint density at radius 3 is 2.47 bits per heavy atom. The van der Waals surface area contributed by atoms with Crippen molar-refractivity contribution in [3.63, 3.8) is 0 Å². The summed E-state index contributed by atoms with van der Waals surface area (Å²) in [5.41, 5.74) is 0.943. The predicted molar refractivity (Wildman–Crippen MR) is 62.8 cm³/mol. The second-order valence-electron chi connectivity index (χ2n) is 4.09. The fraction of sp³-hybridized carbons (Fsp3) is 0.417. The Bertz CT molecular complexity index is 394. The van der Waals surface area contributed by atoms with Gasteiger partial charge in [0.1, 0.15) is 5.82 Å². The molecule has 17 heavy (non-hydrogen) atoms. The number of benzene rings is 1. The number of hydrogen-bond donors (Lipinski definition) is 1. The predicted octanol–water partition coefficient (Wildman–Crippen LogP) is 2.02. The van der Waals surface area contributed by atoms with Crippen LogP contribution < -0.4 is 4.90 Å². The van der Waals surface area contributed by atoms with E-state index >= 15 is 0 Å². The molecule has 0 aromatic heterocycles. The smallest absolute Gasteiger partial charge is 0.407 e. The Morgan fingerprint density at radius 2 is 1.82 bits per heavy atom. The molecule has 0 atom stereocenters. The molecule has 1 saturated heterocycles. The second kappa shape index (κ2) is 5.03. The molecule has 0 unspecified atom stereocenters. The minimum atomic E-state index is -0.869. The first-order chi connectivity index (χ1) is 8.16. The van der Waals surface area contributed by atoms with E-state index in [1.54, 1.807) is 12.1 Å². The van der Waals surface area contributed by atoms with E-state index in [2.05, 4.69) is 4.90 Å². The first kappa shape index (κ1) is 11.7. The van der Waals surface area contributed by atoms with Gasteiger partial charge in [-0.2, -0.15) is 0 Å². The van der Waals surface area contributed by atoms with Crippen LogP contribution in [0.1, 0.15) is 6.42 Å². The van der Waals surface area contributed by atoms with Crippen LogP contribution in [0.25, 0.3) is 0 Å². The highest BCUT2D eigenvalue weighted by Gasteiger charge is 2.18. The van der Waals surface area contributed by atoms with Crippen molar-refractivity contribution in [1.29, 1.82) is 0 Å². The molecular formula is C12H15FN2O2. The summed E-state index contributed by atoms with van der Waals surface area (Å²) in [4.78, 5) is 14.4. The zero-order chi connectivity index (χ0) is 12.3. The van der Waals surface area contributed by atoms with E-state index in [9.17, 15) is 9.18 Å². The molecule has 1 heterocycles. The van der Waals surface area contributed by atoms with Gasteiger partial charge in [0.05, 0.1) is 0 Å². The van der Waals surface area contributed by atoms with E-state index in [0.29, 0.717) is 19.6 Å². The van der Waals surface area contributed by atoms with Gasteiger partial charge in [0.25, 0.3) is 0 Å². The molecule has 92 valence electrons. The van der Waals surface area contributed by atoms with Gasteiger partial charge in [-0.05, 0) is 30.7 Å². The van der Waals surface area contributed by atoms with Gasteiger partial charge in [0, 0.05) is 31.9 Å². The highest BCUT2D eigenvalue weighted by atomic mass is 19.1. The number of nitrogens with zero attached hydrogens (tertiary/aromatic N) is 2. The van der Waals surface area contributed by atoms with E-state index < -0.39 is 6.09 Å². The van der Waals surface area contributed by atoms with Gasteiger partial charge in [-0.15, -0.1) is 0 Å². The summed E-state index contributed by atoms with van der Waals surface area (Å²) < 4.78 is 12.8. The van der Waals surface area contributed by atoms with Crippen molar-refractivity contribution in [2.45, 2.75) is 6.42 Å². The Balaban J connectivity index is 2.03. The van der Waals surface area contributed by atoms with Crippen molar-refractivity contribution in [2.24, 2.45) is 0 Å².